The molecule has 2 N–H and O–H groups in total. The maximum absolute atomic E-state index is 17.0. The minimum Gasteiger partial charge on any atom is -0.480 e. The summed E-state index contributed by atoms with van der Waals surface area (Å²) in [5.41, 5.74) is 3.98. The number of hydrogen-bond donors (Lipinski definition) is 1. The molecule has 2 aromatic carbocycles. The van der Waals surface area contributed by atoms with Crippen molar-refractivity contribution in [3.63, 3.8) is 0 Å². The van der Waals surface area contributed by atoms with E-state index in [4.69, 9.17) is 26.8 Å². The SMILES string of the molecule is C[C@H]1C(C(F)F)Oc2c(Cl)c(-c3ccc(F)c4sc(N)c(C#N)c34)c(F)c3nc(OC[C@@]45CCCN4C[C@H](F)C5)nc(c23)N1CC(F)F. The summed E-state index contributed by atoms with van der Waals surface area (Å²) in [5, 5.41) is 8.79. The number of nitrogen functional groups attached to an aromatic ring is 1. The molecule has 4 aromatic rings. The Bertz CT molecular complexity index is 1990. The van der Waals surface area contributed by atoms with Gasteiger partial charge in [0, 0.05) is 23.9 Å². The molecule has 2 fully saturated rings. The molecule has 254 valence electrons. The van der Waals surface area contributed by atoms with Gasteiger partial charge in [-0.3, -0.25) is 4.90 Å². The number of hydrogen-bond acceptors (Lipinski definition) is 9. The molecule has 0 spiro atoms. The lowest BCUT2D eigenvalue weighted by Gasteiger charge is -2.33. The first kappa shape index (κ1) is 32.7. The molecule has 48 heavy (non-hydrogen) atoms. The van der Waals surface area contributed by atoms with Crippen LogP contribution in [0.25, 0.3) is 32.1 Å². The quantitative estimate of drug-likeness (QED) is 0.199. The summed E-state index contributed by atoms with van der Waals surface area (Å²) in [5.74, 6) is -2.82. The first-order chi connectivity index (χ1) is 22.8. The fourth-order valence-electron chi connectivity index (χ4n) is 7.28. The van der Waals surface area contributed by atoms with Crippen LogP contribution in [0.3, 0.4) is 0 Å². The van der Waals surface area contributed by atoms with Crippen molar-refractivity contribution in [2.45, 2.75) is 62.9 Å². The minimum absolute atomic E-state index is 0.0529. The van der Waals surface area contributed by atoms with Gasteiger partial charge >= 0.3 is 6.01 Å². The Hall–Kier alpha value is -3.81. The van der Waals surface area contributed by atoms with E-state index in [2.05, 4.69) is 9.97 Å². The number of anilines is 2. The van der Waals surface area contributed by atoms with Gasteiger partial charge in [0.05, 0.1) is 38.8 Å². The number of benzene rings is 2. The summed E-state index contributed by atoms with van der Waals surface area (Å²) in [6, 6.07) is 2.14. The maximum Gasteiger partial charge on any atom is 0.319 e. The fourth-order valence-corrected chi connectivity index (χ4v) is 8.55. The van der Waals surface area contributed by atoms with Crippen molar-refractivity contribution in [3.8, 4) is 29.0 Å². The predicted molar refractivity (Wildman–Crippen MR) is 166 cm³/mol. The summed E-state index contributed by atoms with van der Waals surface area (Å²) in [6.07, 6.45) is -7.83. The van der Waals surface area contributed by atoms with Crippen molar-refractivity contribution in [1.29, 1.82) is 5.26 Å². The average molecular weight is 715 g/mol. The Kier molecular flexibility index (Phi) is 8.15. The zero-order chi connectivity index (χ0) is 34.2. The molecule has 17 heteroatoms. The summed E-state index contributed by atoms with van der Waals surface area (Å²) < 4.78 is 115. The van der Waals surface area contributed by atoms with Gasteiger partial charge in [0.25, 0.3) is 12.9 Å². The Morgan fingerprint density at radius 2 is 2.00 bits per heavy atom. The lowest BCUT2D eigenvalue weighted by Crippen LogP contribution is -2.49. The number of nitriles is 1. The summed E-state index contributed by atoms with van der Waals surface area (Å²) in [7, 11) is 0. The molecule has 4 atom stereocenters. The second-order valence-corrected chi connectivity index (χ2v) is 13.6. The highest BCUT2D eigenvalue weighted by Crippen LogP contribution is 2.52. The Morgan fingerprint density at radius 3 is 2.71 bits per heavy atom. The first-order valence-electron chi connectivity index (χ1n) is 15.0. The molecule has 0 amide bonds. The lowest BCUT2D eigenvalue weighted by atomic mass is 9.95. The third kappa shape index (κ3) is 5.04. The molecule has 3 aliphatic heterocycles. The van der Waals surface area contributed by atoms with Crippen molar-refractivity contribution in [3.05, 3.63) is 34.4 Å². The molecular weight excluding hydrogens is 689 g/mol. The standard InChI is InChI=1S/C31H26ClF7N6O2S/c1-12-24(27(38)39)47-25-20-23(22(37)19(21(25)32)14-3-4-16(34)26-18(14)15(8-40)28(41)48-26)42-30(43-29(20)45(12)10-17(35)36)46-11-31-5-2-6-44(31)9-13(33)7-31/h3-4,12-13,17,24,27H,2,5-7,9-11,41H2,1H3/t12-,13+,24?,31-/m0/s1. The summed E-state index contributed by atoms with van der Waals surface area (Å²) in [4.78, 5) is 11.4. The van der Waals surface area contributed by atoms with Crippen molar-refractivity contribution in [2.75, 3.05) is 36.9 Å². The van der Waals surface area contributed by atoms with E-state index >= 15 is 4.39 Å². The third-order valence-electron chi connectivity index (χ3n) is 9.45. The highest BCUT2D eigenvalue weighted by Gasteiger charge is 2.50. The largest absolute Gasteiger partial charge is 0.480 e. The highest BCUT2D eigenvalue weighted by atomic mass is 35.5. The second kappa shape index (κ2) is 12.0. The van der Waals surface area contributed by atoms with Crippen LogP contribution in [0, 0.1) is 23.0 Å². The number of alkyl halides is 5. The van der Waals surface area contributed by atoms with E-state index in [9.17, 15) is 31.6 Å². The molecule has 7 rings (SSSR count). The number of halogens is 8. The number of nitrogens with zero attached hydrogens (tertiary/aromatic N) is 5. The molecule has 1 unspecified atom stereocenters. The van der Waals surface area contributed by atoms with E-state index in [-0.39, 0.29) is 57.0 Å². The molecule has 8 nitrogen and oxygen atoms in total. The van der Waals surface area contributed by atoms with Crippen LogP contribution in [-0.2, 0) is 0 Å². The number of thiophene rings is 1. The van der Waals surface area contributed by atoms with Crippen molar-refractivity contribution >= 4 is 54.7 Å². The summed E-state index contributed by atoms with van der Waals surface area (Å²) >= 11 is 7.52. The van der Waals surface area contributed by atoms with Crippen molar-refractivity contribution in [1.82, 2.24) is 14.9 Å². The van der Waals surface area contributed by atoms with Crippen molar-refractivity contribution in [2.24, 2.45) is 0 Å². The van der Waals surface area contributed by atoms with Crippen LogP contribution in [0.1, 0.15) is 31.7 Å². The molecule has 3 aliphatic rings. The topological polar surface area (TPSA) is 101 Å². The number of ether oxygens (including phenoxy) is 2. The molecular formula is C31H26ClF7N6O2S. The van der Waals surface area contributed by atoms with E-state index in [1.165, 1.54) is 6.92 Å². The molecule has 0 radical (unpaired) electrons. The van der Waals surface area contributed by atoms with Gasteiger partial charge < -0.3 is 20.1 Å². The number of rotatable bonds is 7. The predicted octanol–water partition coefficient (Wildman–Crippen LogP) is 7.34. The van der Waals surface area contributed by atoms with Crippen LogP contribution >= 0.6 is 22.9 Å². The molecule has 2 saturated heterocycles. The third-order valence-corrected chi connectivity index (χ3v) is 10.8. The zero-order valence-corrected chi connectivity index (χ0v) is 26.6. The number of fused-ring (bicyclic) bond motifs is 2. The van der Waals surface area contributed by atoms with Crippen LogP contribution in [0.2, 0.25) is 5.02 Å². The first-order valence-corrected chi connectivity index (χ1v) is 16.2. The second-order valence-electron chi connectivity index (χ2n) is 12.2. The Balaban J connectivity index is 1.50. The molecule has 0 saturated carbocycles. The van der Waals surface area contributed by atoms with Crippen LogP contribution in [-0.4, -0.2) is 77.8 Å². The fraction of sp³-hybridized carbons (Fsp3) is 0.452. The van der Waals surface area contributed by atoms with E-state index in [1.807, 2.05) is 11.0 Å². The highest BCUT2D eigenvalue weighted by molar-refractivity contribution is 7.23. The van der Waals surface area contributed by atoms with Crippen LogP contribution < -0.4 is 20.1 Å². The van der Waals surface area contributed by atoms with Crippen LogP contribution in [0.5, 0.6) is 11.8 Å². The number of nitrogens with two attached hydrogens (primary N) is 1. The molecule has 0 bridgehead atoms. The lowest BCUT2D eigenvalue weighted by molar-refractivity contribution is -0.000687. The summed E-state index contributed by atoms with van der Waals surface area (Å²) in [6.45, 7) is 0.897. The normalized spacial score (nSPS) is 24.0. The average Bonchev–Trinajstić information content (AvgIpc) is 3.65. The van der Waals surface area contributed by atoms with Gasteiger partial charge in [0.1, 0.15) is 41.0 Å². The Morgan fingerprint density at radius 1 is 1.23 bits per heavy atom. The van der Waals surface area contributed by atoms with Crippen molar-refractivity contribution < 1.29 is 40.2 Å². The van der Waals surface area contributed by atoms with Gasteiger partial charge in [-0.1, -0.05) is 17.7 Å². The van der Waals surface area contributed by atoms with E-state index in [1.54, 1.807) is 0 Å². The Labute approximate surface area is 277 Å². The molecule has 0 aliphatic carbocycles. The zero-order valence-electron chi connectivity index (χ0n) is 25.1. The van der Waals surface area contributed by atoms with Gasteiger partial charge in [0.15, 0.2) is 17.7 Å². The van der Waals surface area contributed by atoms with Crippen LogP contribution in [0.4, 0.5) is 41.6 Å². The monoisotopic (exact) mass is 714 g/mol. The molecule has 2 aromatic heterocycles. The molecule has 5 heterocycles. The smallest absolute Gasteiger partial charge is 0.319 e. The van der Waals surface area contributed by atoms with E-state index in [0.717, 1.165) is 34.8 Å². The van der Waals surface area contributed by atoms with Crippen LogP contribution in [0.15, 0.2) is 12.1 Å². The van der Waals surface area contributed by atoms with Gasteiger partial charge in [0.2, 0.25) is 0 Å². The van der Waals surface area contributed by atoms with Gasteiger partial charge in [-0.15, -0.1) is 11.3 Å². The maximum atomic E-state index is 17.0. The van der Waals surface area contributed by atoms with E-state index in [0.29, 0.717) is 13.0 Å². The minimum atomic E-state index is -3.22. The number of aromatic nitrogens is 2. The van der Waals surface area contributed by atoms with Gasteiger partial charge in [-0.2, -0.15) is 15.2 Å². The van der Waals surface area contributed by atoms with Gasteiger partial charge in [-0.25, -0.2) is 30.7 Å². The van der Waals surface area contributed by atoms with E-state index < -0.39 is 82.7 Å². The van der Waals surface area contributed by atoms with Gasteiger partial charge in [-0.05, 0) is 37.9 Å².